The average Bonchev–Trinajstić information content (AvgIpc) is 2.66. The molecule has 1 aromatic rings. The van der Waals surface area contributed by atoms with E-state index in [1.807, 2.05) is 13.8 Å². The van der Waals surface area contributed by atoms with Crippen molar-refractivity contribution in [3.8, 4) is 5.75 Å². The number of nitrogens with zero attached hydrogens (tertiary/aromatic N) is 2. The summed E-state index contributed by atoms with van der Waals surface area (Å²) in [6.07, 6.45) is 1.71. The summed E-state index contributed by atoms with van der Waals surface area (Å²) in [4.78, 5) is 17.7. The van der Waals surface area contributed by atoms with Crippen LogP contribution in [0.25, 0.3) is 0 Å². The zero-order valence-corrected chi connectivity index (χ0v) is 17.3. The Morgan fingerprint density at radius 1 is 1.22 bits per heavy atom. The fourth-order valence-corrected chi connectivity index (χ4v) is 2.33. The number of benzene rings is 1. The first-order valence-corrected chi connectivity index (χ1v) is 9.41. The number of nitrogens with one attached hydrogen (secondary N) is 2. The van der Waals surface area contributed by atoms with Crippen LogP contribution in [0.1, 0.15) is 24.5 Å². The van der Waals surface area contributed by atoms with Gasteiger partial charge in [0, 0.05) is 40.4 Å². The number of amides is 1. The van der Waals surface area contributed by atoms with E-state index >= 15 is 0 Å². The molecule has 0 saturated heterocycles. The number of guanidine groups is 1. The van der Waals surface area contributed by atoms with Gasteiger partial charge in [0.1, 0.15) is 12.3 Å². The fourth-order valence-electron chi connectivity index (χ4n) is 2.33. The van der Waals surface area contributed by atoms with Crippen LogP contribution in [0.2, 0.25) is 0 Å². The SMILES string of the molecule is CCOCCCNC(=NCC(=O)N(C)C)NCCc1ccc(C)c(OC)c1. The molecule has 0 saturated carbocycles. The maximum Gasteiger partial charge on any atom is 0.243 e. The van der Waals surface area contributed by atoms with Gasteiger partial charge in [-0.3, -0.25) is 4.79 Å². The van der Waals surface area contributed by atoms with Crippen LogP contribution in [0.4, 0.5) is 0 Å². The quantitative estimate of drug-likeness (QED) is 0.348. The summed E-state index contributed by atoms with van der Waals surface area (Å²) in [5.41, 5.74) is 2.31. The Morgan fingerprint density at radius 2 is 1.96 bits per heavy atom. The van der Waals surface area contributed by atoms with Gasteiger partial charge in [-0.05, 0) is 43.9 Å². The fraction of sp³-hybridized carbons (Fsp3) is 0.600. The Hall–Kier alpha value is -2.28. The van der Waals surface area contributed by atoms with E-state index in [0.717, 1.165) is 37.3 Å². The molecular formula is C20H34N4O3. The van der Waals surface area contributed by atoms with Crippen LogP contribution in [0.15, 0.2) is 23.2 Å². The molecule has 1 rings (SSSR count). The lowest BCUT2D eigenvalue weighted by molar-refractivity contribution is -0.127. The Bertz CT molecular complexity index is 603. The Kier molecular flexibility index (Phi) is 10.9. The molecule has 0 aromatic heterocycles. The monoisotopic (exact) mass is 378 g/mol. The first-order chi connectivity index (χ1) is 13.0. The summed E-state index contributed by atoms with van der Waals surface area (Å²) in [5, 5.41) is 6.55. The van der Waals surface area contributed by atoms with Crippen LogP contribution < -0.4 is 15.4 Å². The van der Waals surface area contributed by atoms with Gasteiger partial charge in [-0.15, -0.1) is 0 Å². The molecule has 1 aromatic carbocycles. The third-order valence-corrected chi connectivity index (χ3v) is 4.01. The minimum Gasteiger partial charge on any atom is -0.496 e. The summed E-state index contributed by atoms with van der Waals surface area (Å²) in [5.74, 6) is 1.50. The molecule has 0 aliphatic heterocycles. The van der Waals surface area contributed by atoms with E-state index in [0.29, 0.717) is 19.1 Å². The topological polar surface area (TPSA) is 75.2 Å². The van der Waals surface area contributed by atoms with E-state index in [4.69, 9.17) is 9.47 Å². The molecule has 7 heteroatoms. The van der Waals surface area contributed by atoms with Crippen molar-refractivity contribution in [2.75, 3.05) is 54.1 Å². The van der Waals surface area contributed by atoms with Crippen molar-refractivity contribution in [1.82, 2.24) is 15.5 Å². The van der Waals surface area contributed by atoms with Crippen LogP contribution in [0.3, 0.4) is 0 Å². The van der Waals surface area contributed by atoms with Crippen molar-refractivity contribution in [3.63, 3.8) is 0 Å². The standard InChI is InChI=1S/C20H34N4O3/c1-6-27-13-7-11-21-20(23-15-19(25)24(3)4)22-12-10-17-9-8-16(2)18(14-17)26-5/h8-9,14H,6-7,10-13,15H2,1-5H3,(H2,21,22,23). The molecule has 0 aliphatic rings. The highest BCUT2D eigenvalue weighted by Crippen LogP contribution is 2.18. The smallest absolute Gasteiger partial charge is 0.243 e. The summed E-state index contributed by atoms with van der Waals surface area (Å²) in [6.45, 7) is 6.99. The summed E-state index contributed by atoms with van der Waals surface area (Å²) in [6, 6.07) is 6.21. The second kappa shape index (κ2) is 13.0. The van der Waals surface area contributed by atoms with E-state index in [-0.39, 0.29) is 12.5 Å². The van der Waals surface area contributed by atoms with E-state index in [2.05, 4.69) is 33.8 Å². The van der Waals surface area contributed by atoms with Gasteiger partial charge in [-0.1, -0.05) is 12.1 Å². The van der Waals surface area contributed by atoms with Crippen molar-refractivity contribution in [1.29, 1.82) is 0 Å². The van der Waals surface area contributed by atoms with Gasteiger partial charge < -0.3 is 25.0 Å². The maximum atomic E-state index is 11.8. The van der Waals surface area contributed by atoms with Crippen LogP contribution in [0, 0.1) is 6.92 Å². The van der Waals surface area contributed by atoms with Gasteiger partial charge in [0.05, 0.1) is 7.11 Å². The zero-order chi connectivity index (χ0) is 20.1. The predicted molar refractivity (Wildman–Crippen MR) is 110 cm³/mol. The molecule has 0 atom stereocenters. The molecule has 0 aliphatic carbocycles. The second-order valence-electron chi connectivity index (χ2n) is 6.41. The van der Waals surface area contributed by atoms with Gasteiger partial charge >= 0.3 is 0 Å². The van der Waals surface area contributed by atoms with E-state index in [9.17, 15) is 4.79 Å². The van der Waals surface area contributed by atoms with E-state index in [1.165, 1.54) is 10.5 Å². The molecule has 27 heavy (non-hydrogen) atoms. The number of hydrogen-bond donors (Lipinski definition) is 2. The molecular weight excluding hydrogens is 344 g/mol. The minimum absolute atomic E-state index is 0.0336. The van der Waals surface area contributed by atoms with Crippen molar-refractivity contribution in [2.45, 2.75) is 26.7 Å². The minimum atomic E-state index is -0.0336. The number of aryl methyl sites for hydroxylation is 1. The number of ether oxygens (including phenoxy) is 2. The Labute approximate surface area is 163 Å². The highest BCUT2D eigenvalue weighted by atomic mass is 16.5. The van der Waals surface area contributed by atoms with Crippen LogP contribution >= 0.6 is 0 Å². The first-order valence-electron chi connectivity index (χ1n) is 9.41. The molecule has 0 heterocycles. The number of carbonyl (C=O) groups is 1. The summed E-state index contributed by atoms with van der Waals surface area (Å²) in [7, 11) is 5.14. The van der Waals surface area contributed by atoms with Crippen molar-refractivity contribution < 1.29 is 14.3 Å². The van der Waals surface area contributed by atoms with Gasteiger partial charge in [-0.25, -0.2) is 4.99 Å². The number of carbonyl (C=O) groups excluding carboxylic acids is 1. The highest BCUT2D eigenvalue weighted by Gasteiger charge is 2.05. The normalized spacial score (nSPS) is 11.2. The lowest BCUT2D eigenvalue weighted by atomic mass is 10.1. The van der Waals surface area contributed by atoms with E-state index < -0.39 is 0 Å². The Morgan fingerprint density at radius 3 is 2.63 bits per heavy atom. The average molecular weight is 379 g/mol. The van der Waals surface area contributed by atoms with Crippen molar-refractivity contribution in [2.24, 2.45) is 4.99 Å². The Balaban J connectivity index is 2.56. The second-order valence-corrected chi connectivity index (χ2v) is 6.41. The molecule has 0 spiro atoms. The lowest BCUT2D eigenvalue weighted by Crippen LogP contribution is -2.40. The molecule has 152 valence electrons. The molecule has 7 nitrogen and oxygen atoms in total. The molecule has 0 bridgehead atoms. The first kappa shape index (κ1) is 22.8. The number of hydrogen-bond acceptors (Lipinski definition) is 4. The molecule has 2 N–H and O–H groups in total. The van der Waals surface area contributed by atoms with Gasteiger partial charge in [-0.2, -0.15) is 0 Å². The molecule has 0 unspecified atom stereocenters. The van der Waals surface area contributed by atoms with Crippen LogP contribution in [-0.2, 0) is 16.0 Å². The third-order valence-electron chi connectivity index (χ3n) is 4.01. The zero-order valence-electron chi connectivity index (χ0n) is 17.3. The number of methoxy groups -OCH3 is 1. The predicted octanol–water partition coefficient (Wildman–Crippen LogP) is 1.60. The van der Waals surface area contributed by atoms with Crippen LogP contribution in [-0.4, -0.2) is 70.8 Å². The highest BCUT2D eigenvalue weighted by molar-refractivity contribution is 5.84. The van der Waals surface area contributed by atoms with Gasteiger partial charge in [0.2, 0.25) is 5.91 Å². The van der Waals surface area contributed by atoms with Crippen molar-refractivity contribution in [3.05, 3.63) is 29.3 Å². The number of aliphatic imine (C=N–C) groups is 1. The lowest BCUT2D eigenvalue weighted by Gasteiger charge is -2.14. The van der Waals surface area contributed by atoms with Crippen LogP contribution in [0.5, 0.6) is 5.75 Å². The summed E-state index contributed by atoms with van der Waals surface area (Å²) < 4.78 is 10.7. The molecule has 0 fully saturated rings. The van der Waals surface area contributed by atoms with Gasteiger partial charge in [0.25, 0.3) is 0 Å². The molecule has 0 radical (unpaired) electrons. The molecule has 1 amide bonds. The number of rotatable bonds is 11. The maximum absolute atomic E-state index is 11.8. The number of likely N-dealkylation sites (N-methyl/N-ethyl adjacent to an activating group) is 1. The van der Waals surface area contributed by atoms with Gasteiger partial charge in [0.15, 0.2) is 5.96 Å². The summed E-state index contributed by atoms with van der Waals surface area (Å²) >= 11 is 0. The third kappa shape index (κ3) is 9.28. The van der Waals surface area contributed by atoms with E-state index in [1.54, 1.807) is 21.2 Å². The van der Waals surface area contributed by atoms with Crippen molar-refractivity contribution >= 4 is 11.9 Å². The largest absolute Gasteiger partial charge is 0.496 e.